The van der Waals surface area contributed by atoms with Crippen molar-refractivity contribution in [2.75, 3.05) is 14.2 Å². The number of hydrogen-bond acceptors (Lipinski definition) is 2. The molecule has 0 aromatic heterocycles. The molecule has 2 unspecified atom stereocenters. The first-order valence-electron chi connectivity index (χ1n) is 9.01. The zero-order valence-electron chi connectivity index (χ0n) is 15.6. The standard InChI is InChI=1S/2C10H9O.C2H4.2BrH.Zr/c2*1-11-10-6-5-8-3-2-4-9(8)7-10;1-2;;;/h2*2-7H,1H3;1H,2H3;2*1H;/q;;;;;+2/p-2. The molecule has 0 fully saturated rings. The summed E-state index contributed by atoms with van der Waals surface area (Å²) < 4.78 is 13.9. The fourth-order valence-corrected chi connectivity index (χ4v) is 23.0. The number of allylic oxidation sites excluding steroid dienone is 2. The third kappa shape index (κ3) is 3.01. The van der Waals surface area contributed by atoms with Crippen molar-refractivity contribution in [2.45, 2.75) is 14.2 Å². The third-order valence-electron chi connectivity index (χ3n) is 5.93. The summed E-state index contributed by atoms with van der Waals surface area (Å²) in [7, 11) is 3.43. The van der Waals surface area contributed by atoms with Crippen molar-refractivity contribution in [3.05, 3.63) is 70.8 Å². The predicted molar refractivity (Wildman–Crippen MR) is 119 cm³/mol. The third-order valence-corrected chi connectivity index (χ3v) is 34.1. The number of ether oxygens (including phenoxy) is 2. The van der Waals surface area contributed by atoms with E-state index < -0.39 is 13.6 Å². The topological polar surface area (TPSA) is 18.5 Å². The van der Waals surface area contributed by atoms with Crippen LogP contribution in [0.4, 0.5) is 0 Å². The van der Waals surface area contributed by atoms with E-state index in [-0.39, 0.29) is 0 Å². The molecule has 0 aliphatic heterocycles. The second-order valence-corrected chi connectivity index (χ2v) is 44.9. The van der Waals surface area contributed by atoms with Crippen LogP contribution < -0.4 is 9.47 Å². The van der Waals surface area contributed by atoms with Crippen LogP contribution in [-0.2, 0) is 13.6 Å². The van der Waals surface area contributed by atoms with E-state index in [1.54, 1.807) is 14.2 Å². The van der Waals surface area contributed by atoms with Gasteiger partial charge >= 0.3 is 174 Å². The average molecular weight is 569 g/mol. The van der Waals surface area contributed by atoms with E-state index in [1.807, 2.05) is 0 Å². The maximum absolute atomic E-state index is 5.41. The van der Waals surface area contributed by atoms with Crippen LogP contribution >= 0.6 is 24.4 Å². The maximum atomic E-state index is 5.41. The molecule has 140 valence electrons. The van der Waals surface area contributed by atoms with E-state index in [2.05, 4.69) is 95.8 Å². The van der Waals surface area contributed by atoms with Gasteiger partial charge in [-0.15, -0.1) is 0 Å². The molecule has 2 aliphatic rings. The molecule has 27 heavy (non-hydrogen) atoms. The van der Waals surface area contributed by atoms with Crippen LogP contribution in [0, 0.1) is 0 Å². The number of fused-ring (bicyclic) bond motifs is 2. The summed E-state index contributed by atoms with van der Waals surface area (Å²) >= 11 is 4.95. The first-order valence-corrected chi connectivity index (χ1v) is 24.5. The van der Waals surface area contributed by atoms with Crippen LogP contribution in [0.2, 0.25) is 0 Å². The molecule has 2 atom stereocenters. The van der Waals surface area contributed by atoms with Gasteiger partial charge in [0.1, 0.15) is 0 Å². The first kappa shape index (κ1) is 19.5. The monoisotopic (exact) mass is 566 g/mol. The van der Waals surface area contributed by atoms with Gasteiger partial charge in [-0.05, 0) is 0 Å². The minimum atomic E-state index is -3.77. The molecule has 0 N–H and O–H groups in total. The molecule has 5 heteroatoms. The second kappa shape index (κ2) is 6.93. The van der Waals surface area contributed by atoms with Gasteiger partial charge in [-0.25, -0.2) is 0 Å². The molecule has 0 saturated carbocycles. The molecule has 4 rings (SSSR count). The fraction of sp³-hybridized carbons (Fsp3) is 0.227. The van der Waals surface area contributed by atoms with Crippen molar-refractivity contribution >= 4 is 40.3 Å². The Balaban J connectivity index is 1.84. The molecule has 2 aliphatic carbocycles. The van der Waals surface area contributed by atoms with Crippen molar-refractivity contribution in [1.29, 1.82) is 0 Å². The SMILES string of the molecule is C[CH]=[Zr]([Br])([Br])([CH]1C=Cc2cc(OC)ccc21)[CH]1C=Cc2cc(OC)ccc21. The van der Waals surface area contributed by atoms with E-state index in [0.29, 0.717) is 7.25 Å². The second-order valence-electron chi connectivity index (χ2n) is 7.18. The Morgan fingerprint density at radius 1 is 0.815 bits per heavy atom. The Labute approximate surface area is 172 Å². The summed E-state index contributed by atoms with van der Waals surface area (Å²) in [5.41, 5.74) is 5.22. The van der Waals surface area contributed by atoms with Crippen LogP contribution in [0.25, 0.3) is 12.2 Å². The van der Waals surface area contributed by atoms with Crippen LogP contribution in [0.15, 0.2) is 48.6 Å². The van der Waals surface area contributed by atoms with Crippen molar-refractivity contribution in [1.82, 2.24) is 0 Å². The van der Waals surface area contributed by atoms with Gasteiger partial charge < -0.3 is 0 Å². The van der Waals surface area contributed by atoms with Crippen LogP contribution in [0.5, 0.6) is 11.5 Å². The zero-order chi connectivity index (χ0) is 19.3. The van der Waals surface area contributed by atoms with Gasteiger partial charge in [-0.3, -0.25) is 0 Å². The summed E-state index contributed by atoms with van der Waals surface area (Å²) in [5.74, 6) is 1.80. The van der Waals surface area contributed by atoms with E-state index in [4.69, 9.17) is 9.47 Å². The number of hydrogen-bond donors (Lipinski definition) is 0. The van der Waals surface area contributed by atoms with Gasteiger partial charge in [-0.1, -0.05) is 0 Å². The molecular weight excluding hydrogens is 547 g/mol. The van der Waals surface area contributed by atoms with Crippen molar-refractivity contribution in [3.63, 3.8) is 0 Å². The molecule has 0 spiro atoms. The van der Waals surface area contributed by atoms with Gasteiger partial charge in [0.25, 0.3) is 0 Å². The van der Waals surface area contributed by atoms with Crippen LogP contribution in [-0.4, -0.2) is 17.9 Å². The van der Waals surface area contributed by atoms with E-state index in [0.717, 1.165) is 11.5 Å². The molecule has 0 saturated heterocycles. The molecule has 0 amide bonds. The normalized spacial score (nSPS) is 20.4. The number of benzene rings is 2. The quantitative estimate of drug-likeness (QED) is 0.410. The first-order chi connectivity index (χ1) is 12.9. The number of halogens is 2. The Kier molecular flexibility index (Phi) is 5.02. The Morgan fingerprint density at radius 2 is 1.26 bits per heavy atom. The minimum absolute atomic E-state index is 0.333. The molecular formula is C22H22Br2O2Zr. The van der Waals surface area contributed by atoms with Gasteiger partial charge in [0.15, 0.2) is 0 Å². The fourth-order valence-electron chi connectivity index (χ4n) is 4.34. The van der Waals surface area contributed by atoms with Gasteiger partial charge in [-0.2, -0.15) is 0 Å². The summed E-state index contributed by atoms with van der Waals surface area (Å²) in [6.45, 7) is 2.19. The van der Waals surface area contributed by atoms with Crippen molar-refractivity contribution in [2.24, 2.45) is 0 Å². The predicted octanol–water partition coefficient (Wildman–Crippen LogP) is 6.67. The zero-order valence-corrected chi connectivity index (χ0v) is 21.2. The summed E-state index contributed by atoms with van der Waals surface area (Å²) in [5, 5.41) is 0. The van der Waals surface area contributed by atoms with Crippen LogP contribution in [0.1, 0.15) is 36.4 Å². The van der Waals surface area contributed by atoms with Crippen molar-refractivity contribution in [3.8, 4) is 11.5 Å². The van der Waals surface area contributed by atoms with E-state index >= 15 is 0 Å². The summed E-state index contributed by atoms with van der Waals surface area (Å²) in [6.07, 6.45) is 9.17. The molecule has 2 aromatic rings. The number of methoxy groups -OCH3 is 2. The molecule has 0 radical (unpaired) electrons. The van der Waals surface area contributed by atoms with E-state index in [9.17, 15) is 0 Å². The Hall–Kier alpha value is -0.767. The summed E-state index contributed by atoms with van der Waals surface area (Å²) in [6, 6.07) is 12.8. The van der Waals surface area contributed by atoms with E-state index in [1.165, 1.54) is 22.3 Å². The van der Waals surface area contributed by atoms with Crippen molar-refractivity contribution < 1.29 is 23.1 Å². The Bertz CT molecular complexity index is 971. The van der Waals surface area contributed by atoms with Gasteiger partial charge in [0, 0.05) is 0 Å². The number of rotatable bonds is 4. The molecule has 2 nitrogen and oxygen atoms in total. The molecule has 2 aromatic carbocycles. The summed E-state index contributed by atoms with van der Waals surface area (Å²) in [4.78, 5) is 0. The molecule has 0 bridgehead atoms. The Morgan fingerprint density at radius 3 is 1.63 bits per heavy atom. The van der Waals surface area contributed by atoms with Crippen LogP contribution in [0.3, 0.4) is 0 Å². The van der Waals surface area contributed by atoms with Gasteiger partial charge in [0.05, 0.1) is 0 Å². The molecule has 0 heterocycles. The average Bonchev–Trinajstić information content (AvgIpc) is 3.32. The van der Waals surface area contributed by atoms with Gasteiger partial charge in [0.2, 0.25) is 0 Å².